The summed E-state index contributed by atoms with van der Waals surface area (Å²) in [6.07, 6.45) is 3.80. The van der Waals surface area contributed by atoms with Gasteiger partial charge in [-0.25, -0.2) is 9.79 Å². The molecule has 1 aliphatic rings. The third kappa shape index (κ3) is 5.20. The highest BCUT2D eigenvalue weighted by Crippen LogP contribution is 2.37. The van der Waals surface area contributed by atoms with Gasteiger partial charge in [-0.1, -0.05) is 18.2 Å². The van der Waals surface area contributed by atoms with Crippen LogP contribution in [0.15, 0.2) is 80.4 Å². The normalized spacial score (nSPS) is 14.2. The van der Waals surface area contributed by atoms with Crippen molar-refractivity contribution in [1.29, 1.82) is 0 Å². The maximum Gasteiger partial charge on any atom is 0.363 e. The SMILES string of the molecule is COc1cc(C=C2N=C(c3ccco3)OC2=O)cc(Br)c1OCCCOc1ccccc1. The molecule has 8 heteroatoms. The molecule has 164 valence electrons. The van der Waals surface area contributed by atoms with Gasteiger partial charge in [-0.2, -0.15) is 0 Å². The van der Waals surface area contributed by atoms with E-state index in [0.29, 0.717) is 46.9 Å². The van der Waals surface area contributed by atoms with Gasteiger partial charge in [-0.15, -0.1) is 0 Å². The molecular weight excluding hydrogens is 478 g/mol. The number of hydrogen-bond acceptors (Lipinski definition) is 7. The van der Waals surface area contributed by atoms with Gasteiger partial charge >= 0.3 is 5.97 Å². The predicted molar refractivity (Wildman–Crippen MR) is 122 cm³/mol. The number of cyclic esters (lactones) is 1. The van der Waals surface area contributed by atoms with E-state index in [1.54, 1.807) is 31.4 Å². The first-order valence-corrected chi connectivity index (χ1v) is 10.7. The number of hydrogen-bond donors (Lipinski definition) is 0. The molecule has 4 rings (SSSR count). The molecule has 0 spiro atoms. The zero-order valence-corrected chi connectivity index (χ0v) is 18.8. The molecule has 1 aliphatic heterocycles. The van der Waals surface area contributed by atoms with Crippen LogP contribution in [0.1, 0.15) is 17.7 Å². The minimum absolute atomic E-state index is 0.134. The summed E-state index contributed by atoms with van der Waals surface area (Å²) < 4.78 is 28.2. The molecule has 0 aliphatic carbocycles. The first-order valence-electron chi connectivity index (χ1n) is 9.88. The molecule has 3 aromatic rings. The van der Waals surface area contributed by atoms with E-state index in [0.717, 1.165) is 5.75 Å². The lowest BCUT2D eigenvalue weighted by Crippen LogP contribution is -2.06. The van der Waals surface area contributed by atoms with Gasteiger partial charge in [0.25, 0.3) is 5.90 Å². The lowest BCUT2D eigenvalue weighted by atomic mass is 10.1. The Morgan fingerprint density at radius 2 is 1.88 bits per heavy atom. The highest BCUT2D eigenvalue weighted by Gasteiger charge is 2.26. The molecule has 2 aromatic carbocycles. The van der Waals surface area contributed by atoms with Crippen molar-refractivity contribution in [2.45, 2.75) is 6.42 Å². The second-order valence-corrected chi connectivity index (χ2v) is 7.57. The Balaban J connectivity index is 1.42. The van der Waals surface area contributed by atoms with Gasteiger partial charge in [0.15, 0.2) is 23.0 Å². The number of carbonyl (C=O) groups excluding carboxylic acids is 1. The number of esters is 1. The number of para-hydroxylation sites is 1. The van der Waals surface area contributed by atoms with Crippen molar-refractivity contribution in [1.82, 2.24) is 0 Å². The van der Waals surface area contributed by atoms with Crippen LogP contribution >= 0.6 is 15.9 Å². The third-order valence-corrected chi connectivity index (χ3v) is 5.04. The standard InChI is InChI=1S/C24H20BrNO6/c1-28-21-15-16(14-19-24(27)32-23(26-19)20-9-5-10-30-20)13-18(25)22(21)31-12-6-11-29-17-7-3-2-4-8-17/h2-5,7-10,13-15H,6,11-12H2,1H3. The predicted octanol–water partition coefficient (Wildman–Crippen LogP) is 5.24. The van der Waals surface area contributed by atoms with Gasteiger partial charge in [0.1, 0.15) is 5.75 Å². The van der Waals surface area contributed by atoms with Gasteiger partial charge in [0.05, 0.1) is 31.1 Å². The van der Waals surface area contributed by atoms with Gasteiger partial charge < -0.3 is 23.4 Å². The number of benzene rings is 2. The van der Waals surface area contributed by atoms with Gasteiger partial charge in [0.2, 0.25) is 0 Å². The topological polar surface area (TPSA) is 79.5 Å². The second-order valence-electron chi connectivity index (χ2n) is 6.71. The summed E-state index contributed by atoms with van der Waals surface area (Å²) in [7, 11) is 1.56. The molecule has 0 saturated carbocycles. The minimum atomic E-state index is -0.551. The number of halogens is 1. The first-order chi connectivity index (χ1) is 15.6. The summed E-state index contributed by atoms with van der Waals surface area (Å²) in [5.74, 6) is 1.90. The van der Waals surface area contributed by atoms with E-state index in [1.165, 1.54) is 6.26 Å². The van der Waals surface area contributed by atoms with E-state index in [-0.39, 0.29) is 11.6 Å². The number of rotatable bonds is 9. The van der Waals surface area contributed by atoms with Crippen LogP contribution in [-0.2, 0) is 9.53 Å². The Morgan fingerprint density at radius 1 is 1.06 bits per heavy atom. The number of methoxy groups -OCH3 is 1. The maximum atomic E-state index is 12.2. The minimum Gasteiger partial charge on any atom is -0.493 e. The molecule has 0 saturated heterocycles. The molecule has 0 bridgehead atoms. The van der Waals surface area contributed by atoms with E-state index in [2.05, 4.69) is 20.9 Å². The molecule has 7 nitrogen and oxygen atoms in total. The average Bonchev–Trinajstić information content (AvgIpc) is 3.45. The van der Waals surface area contributed by atoms with E-state index < -0.39 is 5.97 Å². The lowest BCUT2D eigenvalue weighted by Gasteiger charge is -2.14. The van der Waals surface area contributed by atoms with E-state index >= 15 is 0 Å². The molecule has 0 fully saturated rings. The summed E-state index contributed by atoms with van der Waals surface area (Å²) in [4.78, 5) is 16.4. The third-order valence-electron chi connectivity index (χ3n) is 4.45. The van der Waals surface area contributed by atoms with Crippen LogP contribution in [0.5, 0.6) is 17.2 Å². The summed E-state index contributed by atoms with van der Waals surface area (Å²) in [5, 5.41) is 0. The Labute approximate surface area is 193 Å². The molecule has 32 heavy (non-hydrogen) atoms. The highest BCUT2D eigenvalue weighted by atomic mass is 79.9. The number of nitrogens with zero attached hydrogens (tertiary/aromatic N) is 1. The number of ether oxygens (including phenoxy) is 4. The fourth-order valence-electron chi connectivity index (χ4n) is 2.98. The van der Waals surface area contributed by atoms with Crippen molar-refractivity contribution >= 4 is 33.9 Å². The number of furan rings is 1. The molecule has 0 unspecified atom stereocenters. The smallest absolute Gasteiger partial charge is 0.363 e. The first kappa shape index (κ1) is 21.7. The second kappa shape index (κ2) is 10.2. The zero-order valence-electron chi connectivity index (χ0n) is 17.2. The van der Waals surface area contributed by atoms with Crippen LogP contribution in [0.4, 0.5) is 0 Å². The number of carbonyl (C=O) groups is 1. The highest BCUT2D eigenvalue weighted by molar-refractivity contribution is 9.10. The molecular formula is C24H20BrNO6. The van der Waals surface area contributed by atoms with Crippen LogP contribution in [-0.4, -0.2) is 32.2 Å². The average molecular weight is 498 g/mol. The Kier molecular flexibility index (Phi) is 6.91. The summed E-state index contributed by atoms with van der Waals surface area (Å²) in [5.41, 5.74) is 0.863. The van der Waals surface area contributed by atoms with Crippen LogP contribution in [0, 0.1) is 0 Å². The zero-order chi connectivity index (χ0) is 22.3. The van der Waals surface area contributed by atoms with Crippen LogP contribution in [0.25, 0.3) is 6.08 Å². The van der Waals surface area contributed by atoms with Crippen molar-refractivity contribution < 1.29 is 28.2 Å². The van der Waals surface area contributed by atoms with Crippen molar-refractivity contribution in [3.8, 4) is 17.2 Å². The molecule has 0 amide bonds. The summed E-state index contributed by atoms with van der Waals surface area (Å²) in [6, 6.07) is 16.6. The largest absolute Gasteiger partial charge is 0.493 e. The van der Waals surface area contributed by atoms with Crippen molar-refractivity contribution in [3.63, 3.8) is 0 Å². The Hall–Kier alpha value is -3.52. The molecule has 2 heterocycles. The van der Waals surface area contributed by atoms with E-state index in [4.69, 9.17) is 23.4 Å². The van der Waals surface area contributed by atoms with Crippen LogP contribution in [0.2, 0.25) is 0 Å². The summed E-state index contributed by atoms with van der Waals surface area (Å²) in [6.45, 7) is 0.984. The Bertz CT molecular complexity index is 1140. The molecule has 0 atom stereocenters. The van der Waals surface area contributed by atoms with Crippen molar-refractivity contribution in [2.75, 3.05) is 20.3 Å². The molecule has 1 aromatic heterocycles. The lowest BCUT2D eigenvalue weighted by molar-refractivity contribution is -0.130. The van der Waals surface area contributed by atoms with Crippen LogP contribution in [0.3, 0.4) is 0 Å². The van der Waals surface area contributed by atoms with E-state index in [1.807, 2.05) is 36.4 Å². The fraction of sp³-hybridized carbons (Fsp3) is 0.167. The maximum absolute atomic E-state index is 12.2. The van der Waals surface area contributed by atoms with Crippen molar-refractivity contribution in [2.24, 2.45) is 4.99 Å². The Morgan fingerprint density at radius 3 is 2.62 bits per heavy atom. The fourth-order valence-corrected chi connectivity index (χ4v) is 3.55. The van der Waals surface area contributed by atoms with Gasteiger partial charge in [-0.3, -0.25) is 0 Å². The quantitative estimate of drug-likeness (QED) is 0.228. The van der Waals surface area contributed by atoms with Gasteiger partial charge in [-0.05, 0) is 64.0 Å². The van der Waals surface area contributed by atoms with Crippen LogP contribution < -0.4 is 14.2 Å². The molecule has 0 N–H and O–H groups in total. The van der Waals surface area contributed by atoms with Crippen molar-refractivity contribution in [3.05, 3.63) is 82.4 Å². The summed E-state index contributed by atoms with van der Waals surface area (Å²) >= 11 is 3.52. The monoisotopic (exact) mass is 497 g/mol. The van der Waals surface area contributed by atoms with Gasteiger partial charge in [0, 0.05) is 6.42 Å². The van der Waals surface area contributed by atoms with E-state index in [9.17, 15) is 4.79 Å². The number of aliphatic imine (C=N–C) groups is 1. The molecule has 0 radical (unpaired) electrons.